The molecule has 110 valence electrons. The van der Waals surface area contributed by atoms with Crippen molar-refractivity contribution >= 4 is 6.29 Å². The summed E-state index contributed by atoms with van der Waals surface area (Å²) in [4.78, 5) is 10.9. The summed E-state index contributed by atoms with van der Waals surface area (Å²) >= 11 is 0. The van der Waals surface area contributed by atoms with Gasteiger partial charge in [-0.05, 0) is 69.1 Å². The number of aldehydes is 1. The van der Waals surface area contributed by atoms with Crippen molar-refractivity contribution in [1.29, 1.82) is 0 Å². The largest absolute Gasteiger partial charge is 0.393 e. The van der Waals surface area contributed by atoms with E-state index in [-0.39, 0.29) is 23.4 Å². The molecule has 19 heavy (non-hydrogen) atoms. The van der Waals surface area contributed by atoms with Crippen LogP contribution in [-0.2, 0) is 4.79 Å². The second kappa shape index (κ2) is 5.17. The number of hydrogen-bond donors (Lipinski definition) is 2. The summed E-state index contributed by atoms with van der Waals surface area (Å²) in [7, 11) is 0. The molecule has 3 heteroatoms. The van der Waals surface area contributed by atoms with Crippen LogP contribution in [-0.4, -0.2) is 28.2 Å². The van der Waals surface area contributed by atoms with Crippen LogP contribution in [0, 0.1) is 23.2 Å². The van der Waals surface area contributed by atoms with E-state index in [9.17, 15) is 15.0 Å². The highest BCUT2D eigenvalue weighted by atomic mass is 16.3. The van der Waals surface area contributed by atoms with Gasteiger partial charge in [-0.15, -0.1) is 0 Å². The molecule has 2 N–H and O–H groups in total. The van der Waals surface area contributed by atoms with Crippen molar-refractivity contribution in [3.63, 3.8) is 0 Å². The van der Waals surface area contributed by atoms with Gasteiger partial charge in [0.25, 0.3) is 0 Å². The van der Waals surface area contributed by atoms with E-state index in [2.05, 4.69) is 6.92 Å². The Balaban J connectivity index is 2.20. The maximum absolute atomic E-state index is 10.9. The number of aliphatic hydroxyl groups is 2. The maximum Gasteiger partial charge on any atom is 0.120 e. The van der Waals surface area contributed by atoms with E-state index in [1.807, 2.05) is 13.8 Å². The Morgan fingerprint density at radius 3 is 2.53 bits per heavy atom. The first-order valence-electron chi connectivity index (χ1n) is 7.62. The molecule has 0 aromatic carbocycles. The third-order valence-electron chi connectivity index (χ3n) is 5.89. The molecule has 5 atom stereocenters. The van der Waals surface area contributed by atoms with Crippen LogP contribution in [0.3, 0.4) is 0 Å². The van der Waals surface area contributed by atoms with Crippen LogP contribution in [0.15, 0.2) is 0 Å². The van der Waals surface area contributed by atoms with Crippen molar-refractivity contribution in [3.05, 3.63) is 0 Å². The second-order valence-corrected chi connectivity index (χ2v) is 7.56. The van der Waals surface area contributed by atoms with Crippen molar-refractivity contribution < 1.29 is 15.0 Å². The average molecular weight is 268 g/mol. The fourth-order valence-electron chi connectivity index (χ4n) is 4.43. The van der Waals surface area contributed by atoms with Gasteiger partial charge in [0.2, 0.25) is 0 Å². The molecule has 0 aromatic rings. The lowest BCUT2D eigenvalue weighted by Crippen LogP contribution is -2.50. The van der Waals surface area contributed by atoms with Crippen LogP contribution in [0.2, 0.25) is 0 Å². The lowest BCUT2D eigenvalue weighted by Gasteiger charge is -2.54. The predicted octanol–water partition coefficient (Wildman–Crippen LogP) is 2.54. The highest BCUT2D eigenvalue weighted by Crippen LogP contribution is 2.55. The molecule has 2 aliphatic carbocycles. The van der Waals surface area contributed by atoms with E-state index in [4.69, 9.17) is 0 Å². The first-order chi connectivity index (χ1) is 8.78. The molecule has 2 fully saturated rings. The van der Waals surface area contributed by atoms with E-state index in [1.165, 1.54) is 0 Å². The Hall–Kier alpha value is -0.410. The molecule has 0 bridgehead atoms. The van der Waals surface area contributed by atoms with Gasteiger partial charge in [0, 0.05) is 6.42 Å². The highest BCUT2D eigenvalue weighted by Gasteiger charge is 2.50. The van der Waals surface area contributed by atoms with Gasteiger partial charge in [-0.1, -0.05) is 6.92 Å². The Morgan fingerprint density at radius 1 is 1.32 bits per heavy atom. The zero-order valence-corrected chi connectivity index (χ0v) is 12.4. The summed E-state index contributed by atoms with van der Waals surface area (Å²) in [6.45, 7) is 6.07. The quantitative estimate of drug-likeness (QED) is 0.773. The SMILES string of the molecule is CC12CCC(O)C(CC=O)C1C[C@H](C(C)(C)O)CC2. The van der Waals surface area contributed by atoms with Gasteiger partial charge in [-0.2, -0.15) is 0 Å². The first-order valence-corrected chi connectivity index (χ1v) is 7.62. The zero-order chi connectivity index (χ0) is 14.3. The van der Waals surface area contributed by atoms with Crippen LogP contribution in [0.25, 0.3) is 0 Å². The summed E-state index contributed by atoms with van der Waals surface area (Å²) in [5.41, 5.74) is -0.413. The van der Waals surface area contributed by atoms with Gasteiger partial charge >= 0.3 is 0 Å². The average Bonchev–Trinajstić information content (AvgIpc) is 2.32. The minimum absolute atomic E-state index is 0.0846. The van der Waals surface area contributed by atoms with E-state index >= 15 is 0 Å². The molecule has 0 saturated heterocycles. The third-order valence-corrected chi connectivity index (χ3v) is 5.89. The summed E-state index contributed by atoms with van der Waals surface area (Å²) in [6, 6.07) is 0. The first kappa shape index (κ1) is 15.0. The van der Waals surface area contributed by atoms with E-state index in [1.54, 1.807) is 0 Å². The minimum Gasteiger partial charge on any atom is -0.393 e. The van der Waals surface area contributed by atoms with Gasteiger partial charge in [0.05, 0.1) is 11.7 Å². The number of carbonyl (C=O) groups is 1. The fourth-order valence-corrected chi connectivity index (χ4v) is 4.43. The van der Waals surface area contributed by atoms with Crippen LogP contribution in [0.1, 0.15) is 59.3 Å². The molecule has 0 heterocycles. The normalized spacial score (nSPS) is 43.6. The van der Waals surface area contributed by atoms with Gasteiger partial charge in [0.15, 0.2) is 0 Å². The fraction of sp³-hybridized carbons (Fsp3) is 0.938. The van der Waals surface area contributed by atoms with Gasteiger partial charge < -0.3 is 15.0 Å². The number of aliphatic hydroxyl groups excluding tert-OH is 1. The zero-order valence-electron chi connectivity index (χ0n) is 12.4. The van der Waals surface area contributed by atoms with Crippen molar-refractivity contribution in [2.45, 2.75) is 71.0 Å². The third kappa shape index (κ3) is 2.87. The highest BCUT2D eigenvalue weighted by molar-refractivity contribution is 5.50. The van der Waals surface area contributed by atoms with Gasteiger partial charge in [-0.25, -0.2) is 0 Å². The molecule has 2 aliphatic rings. The summed E-state index contributed by atoms with van der Waals surface area (Å²) in [6.07, 6.45) is 6.03. The van der Waals surface area contributed by atoms with Crippen molar-refractivity contribution in [2.75, 3.05) is 0 Å². The molecular formula is C16H28O3. The van der Waals surface area contributed by atoms with Gasteiger partial charge in [-0.3, -0.25) is 0 Å². The maximum atomic E-state index is 10.9. The number of fused-ring (bicyclic) bond motifs is 1. The lowest BCUT2D eigenvalue weighted by molar-refractivity contribution is -0.122. The van der Waals surface area contributed by atoms with Crippen LogP contribution < -0.4 is 0 Å². The molecule has 0 amide bonds. The minimum atomic E-state index is -0.657. The van der Waals surface area contributed by atoms with Crippen LogP contribution in [0.5, 0.6) is 0 Å². The van der Waals surface area contributed by atoms with Crippen LogP contribution >= 0.6 is 0 Å². The number of carbonyl (C=O) groups excluding carboxylic acids is 1. The molecular weight excluding hydrogens is 240 g/mol. The molecule has 0 spiro atoms. The summed E-state index contributed by atoms with van der Waals surface area (Å²) < 4.78 is 0. The summed E-state index contributed by atoms with van der Waals surface area (Å²) in [5.74, 6) is 0.734. The molecule has 0 aromatic heterocycles. The Morgan fingerprint density at radius 2 is 1.95 bits per heavy atom. The molecule has 4 unspecified atom stereocenters. The van der Waals surface area contributed by atoms with E-state index in [0.717, 1.165) is 38.4 Å². The Labute approximate surface area is 116 Å². The van der Waals surface area contributed by atoms with Crippen molar-refractivity contribution in [3.8, 4) is 0 Å². The van der Waals surface area contributed by atoms with E-state index < -0.39 is 5.60 Å². The lowest BCUT2D eigenvalue weighted by atomic mass is 9.52. The number of rotatable bonds is 3. The Kier molecular flexibility index (Phi) is 4.08. The molecule has 2 rings (SSSR count). The van der Waals surface area contributed by atoms with Crippen molar-refractivity contribution in [1.82, 2.24) is 0 Å². The number of hydrogen-bond acceptors (Lipinski definition) is 3. The topological polar surface area (TPSA) is 57.5 Å². The standard InChI is InChI=1S/C16H28O3/c1-15(2,19)11-4-7-16(3)8-5-14(18)12(6-9-17)13(16)10-11/h9,11-14,18-19H,4-8,10H2,1-3H3/t11-,12?,13?,14?,16?/m1/s1. The van der Waals surface area contributed by atoms with Crippen molar-refractivity contribution in [2.24, 2.45) is 23.2 Å². The van der Waals surface area contributed by atoms with E-state index in [0.29, 0.717) is 12.3 Å². The Bertz CT molecular complexity index is 333. The monoisotopic (exact) mass is 268 g/mol. The smallest absolute Gasteiger partial charge is 0.120 e. The molecule has 2 saturated carbocycles. The van der Waals surface area contributed by atoms with Crippen LogP contribution in [0.4, 0.5) is 0 Å². The second-order valence-electron chi connectivity index (χ2n) is 7.56. The molecule has 0 radical (unpaired) electrons. The summed E-state index contributed by atoms with van der Waals surface area (Å²) in [5, 5.41) is 20.5. The van der Waals surface area contributed by atoms with Gasteiger partial charge in [0.1, 0.15) is 6.29 Å². The predicted molar refractivity (Wildman–Crippen MR) is 74.6 cm³/mol. The molecule has 3 nitrogen and oxygen atoms in total. The molecule has 0 aliphatic heterocycles.